The molecule has 0 saturated carbocycles. The van der Waals surface area contributed by atoms with Crippen LogP contribution in [0.2, 0.25) is 5.02 Å². The van der Waals surface area contributed by atoms with Crippen LogP contribution in [0.15, 0.2) is 46.9 Å². The van der Waals surface area contributed by atoms with Gasteiger partial charge in [0.15, 0.2) is 18.0 Å². The van der Waals surface area contributed by atoms with Gasteiger partial charge in [0.25, 0.3) is 0 Å². The summed E-state index contributed by atoms with van der Waals surface area (Å²) < 4.78 is 17.1. The molecule has 2 unspecified atom stereocenters. The zero-order valence-corrected chi connectivity index (χ0v) is 16.1. The van der Waals surface area contributed by atoms with E-state index in [4.69, 9.17) is 25.5 Å². The first-order valence-corrected chi connectivity index (χ1v) is 9.46. The Balaban J connectivity index is 1.67. The van der Waals surface area contributed by atoms with Crippen LogP contribution in [0.3, 0.4) is 0 Å². The summed E-state index contributed by atoms with van der Waals surface area (Å²) in [7, 11) is 0. The molecule has 0 aliphatic rings. The van der Waals surface area contributed by atoms with Crippen LogP contribution in [0.5, 0.6) is 17.6 Å². The quantitative estimate of drug-likeness (QED) is 0.418. The molecule has 0 aliphatic heterocycles. The molecule has 0 aliphatic carbocycles. The van der Waals surface area contributed by atoms with Crippen LogP contribution < -0.4 is 9.47 Å². The van der Waals surface area contributed by atoms with Gasteiger partial charge in [-0.05, 0) is 55.3 Å². The van der Waals surface area contributed by atoms with Crippen molar-refractivity contribution in [2.45, 2.75) is 39.2 Å². The van der Waals surface area contributed by atoms with Gasteiger partial charge < -0.3 is 13.9 Å². The zero-order valence-electron chi connectivity index (χ0n) is 15.4. The van der Waals surface area contributed by atoms with Gasteiger partial charge in [0.1, 0.15) is 17.0 Å². The molecule has 0 bridgehead atoms. The van der Waals surface area contributed by atoms with Crippen molar-refractivity contribution in [2.75, 3.05) is 0 Å². The molecule has 1 heterocycles. The first kappa shape index (κ1) is 19.2. The van der Waals surface area contributed by atoms with E-state index >= 15 is 0 Å². The number of halogens is 1. The molecule has 0 saturated heterocycles. The van der Waals surface area contributed by atoms with E-state index in [0.717, 1.165) is 25.5 Å². The summed E-state index contributed by atoms with van der Waals surface area (Å²) in [6.45, 7) is 4.18. The Kier molecular flexibility index (Phi) is 6.35. The molecule has 0 fully saturated rings. The second-order valence-electron chi connectivity index (χ2n) is 6.34. The molecule has 27 heavy (non-hydrogen) atoms. The highest BCUT2D eigenvalue weighted by atomic mass is 35.5. The van der Waals surface area contributed by atoms with E-state index in [1.807, 2.05) is 0 Å². The van der Waals surface area contributed by atoms with Crippen molar-refractivity contribution in [2.24, 2.45) is 5.92 Å². The number of fused-ring (bicyclic) bond motifs is 1. The van der Waals surface area contributed by atoms with Crippen molar-refractivity contribution in [1.82, 2.24) is 4.98 Å². The first-order chi connectivity index (χ1) is 13.1. The number of oxazole rings is 1. The smallest absolute Gasteiger partial charge is 0.400 e. The molecular weight excluding hydrogens is 366 g/mol. The summed E-state index contributed by atoms with van der Waals surface area (Å²) in [5.41, 5.74) is 1.23. The number of aromatic nitrogens is 1. The predicted molar refractivity (Wildman–Crippen MR) is 105 cm³/mol. The number of hydrogen-bond donors (Lipinski definition) is 0. The van der Waals surface area contributed by atoms with E-state index < -0.39 is 6.10 Å². The number of ether oxygens (including phenoxy) is 2. The lowest BCUT2D eigenvalue weighted by molar-refractivity contribution is -0.116. The average Bonchev–Trinajstić information content (AvgIpc) is 3.07. The fourth-order valence-electron chi connectivity index (χ4n) is 2.97. The van der Waals surface area contributed by atoms with Gasteiger partial charge in [0.05, 0.1) is 0 Å². The van der Waals surface area contributed by atoms with Crippen LogP contribution in [-0.2, 0) is 4.79 Å². The second kappa shape index (κ2) is 8.91. The van der Waals surface area contributed by atoms with Gasteiger partial charge in [-0.15, -0.1) is 0 Å². The van der Waals surface area contributed by atoms with Gasteiger partial charge in [-0.25, -0.2) is 0 Å². The zero-order chi connectivity index (χ0) is 19.2. The molecule has 3 rings (SSSR count). The van der Waals surface area contributed by atoms with Crippen LogP contribution in [0.25, 0.3) is 11.1 Å². The number of nitrogens with zero attached hydrogens (tertiary/aromatic N) is 1. The van der Waals surface area contributed by atoms with E-state index in [9.17, 15) is 4.79 Å². The number of benzene rings is 2. The normalized spacial score (nSPS) is 13.3. The number of hydrogen-bond acceptors (Lipinski definition) is 5. The maximum Gasteiger partial charge on any atom is 0.400 e. The lowest BCUT2D eigenvalue weighted by Crippen LogP contribution is -2.28. The van der Waals surface area contributed by atoms with Gasteiger partial charge in [0, 0.05) is 10.9 Å². The average molecular weight is 388 g/mol. The molecular formula is C21H22ClNO4. The van der Waals surface area contributed by atoms with Crippen LogP contribution in [0.1, 0.15) is 33.1 Å². The molecule has 5 nitrogen and oxygen atoms in total. The molecule has 0 radical (unpaired) electrons. The third kappa shape index (κ3) is 4.80. The highest BCUT2D eigenvalue weighted by Crippen LogP contribution is 2.29. The standard InChI is InChI=1S/C21H22ClNO4/c1-3-5-14(4-2)20(13-24)25-16-7-9-17(10-8-16)26-21-23-18-12-15(22)6-11-19(18)27-21/h6-14,20H,3-5H2,1-2H3. The maximum atomic E-state index is 11.4. The summed E-state index contributed by atoms with van der Waals surface area (Å²) >= 11 is 5.95. The third-order valence-corrected chi connectivity index (χ3v) is 4.65. The Bertz CT molecular complexity index is 891. The monoisotopic (exact) mass is 387 g/mol. The van der Waals surface area contributed by atoms with Crippen LogP contribution >= 0.6 is 11.6 Å². The Morgan fingerprint density at radius 2 is 1.89 bits per heavy atom. The van der Waals surface area contributed by atoms with E-state index in [1.165, 1.54) is 0 Å². The SMILES string of the molecule is CCCC(CC)C(C=O)Oc1ccc(Oc2nc3cc(Cl)ccc3o2)cc1. The van der Waals surface area contributed by atoms with Gasteiger partial charge in [0.2, 0.25) is 0 Å². The molecule has 2 aromatic carbocycles. The molecule has 1 aromatic heterocycles. The summed E-state index contributed by atoms with van der Waals surface area (Å²) in [4.78, 5) is 15.7. The molecule has 0 N–H and O–H groups in total. The maximum absolute atomic E-state index is 11.4. The minimum absolute atomic E-state index is 0.140. The van der Waals surface area contributed by atoms with Gasteiger partial charge in [-0.1, -0.05) is 31.9 Å². The van der Waals surface area contributed by atoms with E-state index in [1.54, 1.807) is 42.5 Å². The third-order valence-electron chi connectivity index (χ3n) is 4.41. The van der Waals surface area contributed by atoms with Crippen molar-refractivity contribution < 1.29 is 18.7 Å². The molecule has 0 spiro atoms. The topological polar surface area (TPSA) is 61.6 Å². The van der Waals surface area contributed by atoms with Gasteiger partial charge in [-0.3, -0.25) is 4.79 Å². The van der Waals surface area contributed by atoms with Gasteiger partial charge in [-0.2, -0.15) is 4.98 Å². The molecule has 142 valence electrons. The fraction of sp³-hybridized carbons (Fsp3) is 0.333. The van der Waals surface area contributed by atoms with Crippen LogP contribution in [0, 0.1) is 5.92 Å². The van der Waals surface area contributed by atoms with Crippen LogP contribution in [-0.4, -0.2) is 17.4 Å². The summed E-state index contributed by atoms with van der Waals surface area (Å²) in [6.07, 6.45) is 3.47. The molecule has 0 amide bonds. The highest BCUT2D eigenvalue weighted by Gasteiger charge is 2.20. The molecule has 2 atom stereocenters. The number of aldehydes is 1. The summed E-state index contributed by atoms with van der Waals surface area (Å²) in [5.74, 6) is 1.40. The molecule has 6 heteroatoms. The van der Waals surface area contributed by atoms with E-state index in [-0.39, 0.29) is 12.0 Å². The lowest BCUT2D eigenvalue weighted by atomic mass is 9.95. The first-order valence-electron chi connectivity index (χ1n) is 9.08. The minimum atomic E-state index is -0.441. The lowest BCUT2D eigenvalue weighted by Gasteiger charge is -2.22. The van der Waals surface area contributed by atoms with Gasteiger partial charge >= 0.3 is 6.08 Å². The summed E-state index contributed by atoms with van der Waals surface area (Å²) in [5, 5.41) is 0.585. The van der Waals surface area contributed by atoms with Crippen molar-refractivity contribution in [1.29, 1.82) is 0 Å². The number of carbonyl (C=O) groups is 1. The Morgan fingerprint density at radius 3 is 2.56 bits per heavy atom. The van der Waals surface area contributed by atoms with Crippen LogP contribution in [0.4, 0.5) is 0 Å². The van der Waals surface area contributed by atoms with E-state index in [2.05, 4.69) is 18.8 Å². The largest absolute Gasteiger partial charge is 0.483 e. The minimum Gasteiger partial charge on any atom is -0.483 e. The molecule has 3 aromatic rings. The second-order valence-corrected chi connectivity index (χ2v) is 6.78. The Morgan fingerprint density at radius 1 is 1.15 bits per heavy atom. The van der Waals surface area contributed by atoms with E-state index in [0.29, 0.717) is 27.6 Å². The predicted octanol–water partition coefficient (Wildman–Crippen LogP) is 6.05. The fourth-order valence-corrected chi connectivity index (χ4v) is 3.14. The Hall–Kier alpha value is -2.53. The highest BCUT2D eigenvalue weighted by molar-refractivity contribution is 6.31. The van der Waals surface area contributed by atoms with Crippen molar-refractivity contribution in [3.63, 3.8) is 0 Å². The Labute approximate surface area is 163 Å². The number of rotatable bonds is 9. The van der Waals surface area contributed by atoms with Crippen molar-refractivity contribution >= 4 is 29.0 Å². The van der Waals surface area contributed by atoms with Crippen molar-refractivity contribution in [3.8, 4) is 17.6 Å². The summed E-state index contributed by atoms with van der Waals surface area (Å²) in [6, 6.07) is 12.2. The van der Waals surface area contributed by atoms with Crippen molar-refractivity contribution in [3.05, 3.63) is 47.5 Å². The number of carbonyl (C=O) groups excluding carboxylic acids is 1.